The molecule has 0 spiro atoms. The first-order chi connectivity index (χ1) is 24.2. The molecule has 0 amide bonds. The van der Waals surface area contributed by atoms with Crippen LogP contribution in [-0.4, -0.2) is 15.0 Å². The normalized spacial score (nSPS) is 16.3. The van der Waals surface area contributed by atoms with Gasteiger partial charge in [-0.05, 0) is 79.1 Å². The van der Waals surface area contributed by atoms with Crippen molar-refractivity contribution >= 4 is 22.1 Å². The Bertz CT molecular complexity index is 2180. The summed E-state index contributed by atoms with van der Waals surface area (Å²) in [6.07, 6.45) is 4.31. The van der Waals surface area contributed by atoms with Crippen LogP contribution >= 0.6 is 0 Å². The molecule has 0 aliphatic rings. The number of hydrogen-bond donors (Lipinski definition) is 0. The maximum atomic E-state index is 8.57. The molecule has 1 radical (unpaired) electrons. The Hall–Kier alpha value is -3.66. The fraction of sp³-hybridized carbons (Fsp3) is 0.270. The van der Waals surface area contributed by atoms with Crippen LogP contribution in [0.5, 0.6) is 0 Å². The van der Waals surface area contributed by atoms with E-state index < -0.39 is 43.5 Å². The molecule has 0 N–H and O–H groups in total. The standard InChI is InChI=1S/C21H19N2O.C16H18N.Ir/c1-12(2)18-10-19(22-11-13(18)3)17-7-5-6-15-16-9-8-14(4)23-21(16)24-20(15)17;1-3-13(4-2)15-10-11-17-16(12-15)14-8-6-5-7-9-14;/h5-6,8-12H,1-4H3;5-8,10-13H,3-4H2,1-2H3;/q2*-1;/i1D3,2D3,3D3,12D;13D;. The summed E-state index contributed by atoms with van der Waals surface area (Å²) in [5.74, 6) is -3.73. The molecule has 4 nitrogen and oxygen atoms in total. The predicted molar refractivity (Wildman–Crippen MR) is 169 cm³/mol. The molecular formula is C37H37IrN3O-2. The largest absolute Gasteiger partial charge is 0.486 e. The molecule has 6 aromatic rings. The predicted octanol–water partition coefficient (Wildman–Crippen LogP) is 10.0. The first kappa shape index (κ1) is 19.5. The van der Waals surface area contributed by atoms with Crippen LogP contribution in [0.4, 0.5) is 0 Å². The van der Waals surface area contributed by atoms with E-state index in [-0.39, 0.29) is 31.4 Å². The SMILES string of the molecule is [2H]C(CC)(CC)c1ccnc(-c2[c-]cccc2)c1.[2H]C([2H])([2H])c1cnc(-c2[c-]ccc3c2oc2nc(C)ccc23)cc1C([2H])(C([2H])([2H])[2H])C([2H])([2H])[2H].[Ir]. The van der Waals surface area contributed by atoms with Crippen molar-refractivity contribution in [2.24, 2.45) is 0 Å². The van der Waals surface area contributed by atoms with Crippen molar-refractivity contribution in [2.45, 2.75) is 66.0 Å². The molecule has 0 atom stereocenters. The van der Waals surface area contributed by atoms with Crippen LogP contribution in [0.2, 0.25) is 0 Å². The van der Waals surface area contributed by atoms with Gasteiger partial charge < -0.3 is 14.4 Å². The van der Waals surface area contributed by atoms with Crippen LogP contribution in [0.15, 0.2) is 83.5 Å². The fourth-order valence-electron chi connectivity index (χ4n) is 4.71. The van der Waals surface area contributed by atoms with Gasteiger partial charge in [-0.25, -0.2) is 4.98 Å². The van der Waals surface area contributed by atoms with Gasteiger partial charge in [0.25, 0.3) is 0 Å². The molecular weight excluding hydrogens is 695 g/mol. The Labute approximate surface area is 278 Å². The van der Waals surface area contributed by atoms with Gasteiger partial charge in [0, 0.05) is 58.7 Å². The van der Waals surface area contributed by atoms with Gasteiger partial charge >= 0.3 is 0 Å². The Kier molecular flexibility index (Phi) is 6.51. The molecule has 0 bridgehead atoms. The minimum atomic E-state index is -3.37. The van der Waals surface area contributed by atoms with Gasteiger partial charge in [-0.2, -0.15) is 0 Å². The quantitative estimate of drug-likeness (QED) is 0.160. The van der Waals surface area contributed by atoms with Gasteiger partial charge in [0.15, 0.2) is 0 Å². The summed E-state index contributed by atoms with van der Waals surface area (Å²) in [4.78, 5) is 12.9. The molecule has 6 rings (SSSR count). The van der Waals surface area contributed by atoms with Crippen molar-refractivity contribution in [1.29, 1.82) is 0 Å². The third-order valence-electron chi connectivity index (χ3n) is 6.87. The molecule has 2 aromatic carbocycles. The maximum Gasteiger partial charge on any atom is 0.216 e. The first-order valence-corrected chi connectivity index (χ1v) is 13.4. The van der Waals surface area contributed by atoms with E-state index in [0.717, 1.165) is 53.0 Å². The second kappa shape index (κ2) is 14.0. The zero-order valence-electron chi connectivity index (χ0n) is 34.5. The number of benzene rings is 2. The summed E-state index contributed by atoms with van der Waals surface area (Å²) >= 11 is 0. The molecule has 0 saturated heterocycles. The number of nitrogens with zero attached hydrogens (tertiary/aromatic N) is 3. The van der Waals surface area contributed by atoms with Crippen molar-refractivity contribution < 1.29 is 39.6 Å². The summed E-state index contributed by atoms with van der Waals surface area (Å²) in [5, 5.41) is 1.39. The van der Waals surface area contributed by atoms with E-state index in [9.17, 15) is 0 Å². The summed E-state index contributed by atoms with van der Waals surface area (Å²) in [5.41, 5.74) is 3.30. The Morgan fingerprint density at radius 3 is 2.52 bits per heavy atom. The van der Waals surface area contributed by atoms with Gasteiger partial charge in [0.05, 0.1) is 5.58 Å². The maximum absolute atomic E-state index is 8.57. The molecule has 42 heavy (non-hydrogen) atoms. The average Bonchev–Trinajstić information content (AvgIpc) is 3.47. The Morgan fingerprint density at radius 2 is 1.79 bits per heavy atom. The number of aromatic nitrogens is 3. The van der Waals surface area contributed by atoms with Crippen molar-refractivity contribution in [2.75, 3.05) is 0 Å². The Balaban J connectivity index is 0.000000279. The number of rotatable bonds is 6. The average molecular weight is 743 g/mol. The minimum Gasteiger partial charge on any atom is -0.486 e. The third kappa shape index (κ3) is 6.69. The molecule has 5 heteroatoms. The van der Waals surface area contributed by atoms with Crippen molar-refractivity contribution in [3.8, 4) is 22.5 Å². The smallest absolute Gasteiger partial charge is 0.216 e. The molecule has 4 heterocycles. The first-order valence-electron chi connectivity index (χ1n) is 18.9. The van der Waals surface area contributed by atoms with Gasteiger partial charge in [-0.15, -0.1) is 54.1 Å². The van der Waals surface area contributed by atoms with Crippen molar-refractivity contribution in [1.82, 2.24) is 15.0 Å². The van der Waals surface area contributed by atoms with Crippen LogP contribution in [-0.2, 0) is 20.1 Å². The van der Waals surface area contributed by atoms with E-state index in [1.165, 1.54) is 0 Å². The van der Waals surface area contributed by atoms with Gasteiger partial charge in [-0.3, -0.25) is 0 Å². The van der Waals surface area contributed by atoms with Gasteiger partial charge in [-0.1, -0.05) is 56.2 Å². The zero-order valence-corrected chi connectivity index (χ0v) is 25.9. The summed E-state index contributed by atoms with van der Waals surface area (Å²) < 4.78 is 93.4. The second-order valence-corrected chi connectivity index (χ2v) is 9.51. The van der Waals surface area contributed by atoms with E-state index in [1.54, 1.807) is 25.3 Å². The molecule has 0 saturated carbocycles. The summed E-state index contributed by atoms with van der Waals surface area (Å²) in [7, 11) is 0. The molecule has 0 fully saturated rings. The third-order valence-corrected chi connectivity index (χ3v) is 6.87. The monoisotopic (exact) mass is 743 g/mol. The summed E-state index contributed by atoms with van der Waals surface area (Å²) in [6.45, 7) is -3.71. The van der Waals surface area contributed by atoms with E-state index in [2.05, 4.69) is 40.9 Å². The summed E-state index contributed by atoms with van der Waals surface area (Å²) in [6, 6.07) is 25.9. The van der Waals surface area contributed by atoms with Crippen LogP contribution in [0.1, 0.15) is 89.6 Å². The minimum absolute atomic E-state index is 0. The molecule has 0 aliphatic heterocycles. The number of hydrogen-bond acceptors (Lipinski definition) is 4. The molecule has 4 aromatic heterocycles. The molecule has 217 valence electrons. The second-order valence-electron chi connectivity index (χ2n) is 9.51. The topological polar surface area (TPSA) is 51.8 Å². The molecule has 0 unspecified atom stereocenters. The number of pyridine rings is 3. The van der Waals surface area contributed by atoms with Crippen LogP contribution in [0, 0.1) is 25.9 Å². The Morgan fingerprint density at radius 1 is 0.929 bits per heavy atom. The van der Waals surface area contributed by atoms with E-state index >= 15 is 0 Å². The zero-order chi connectivity index (χ0) is 38.3. The van der Waals surface area contributed by atoms with Crippen LogP contribution in [0.25, 0.3) is 44.6 Å². The van der Waals surface area contributed by atoms with E-state index in [4.69, 9.17) is 19.5 Å². The van der Waals surface area contributed by atoms with Crippen molar-refractivity contribution in [3.63, 3.8) is 0 Å². The van der Waals surface area contributed by atoms with Crippen LogP contribution in [0.3, 0.4) is 0 Å². The fourth-order valence-corrected chi connectivity index (χ4v) is 4.71. The van der Waals surface area contributed by atoms with Gasteiger partial charge in [0.1, 0.15) is 0 Å². The van der Waals surface area contributed by atoms with E-state index in [0.29, 0.717) is 16.7 Å². The molecule has 0 aliphatic carbocycles. The number of fused-ring (bicyclic) bond motifs is 3. The van der Waals surface area contributed by atoms with Crippen LogP contribution < -0.4 is 0 Å². The number of aryl methyl sites for hydroxylation is 2. The number of furan rings is 1. The van der Waals surface area contributed by atoms with Crippen molar-refractivity contribution in [3.05, 3.63) is 114 Å². The van der Waals surface area contributed by atoms with Gasteiger partial charge in [0.2, 0.25) is 5.71 Å². The van der Waals surface area contributed by atoms with E-state index in [1.807, 2.05) is 48.5 Å².